The molecule has 1 aliphatic carbocycles. The van der Waals surface area contributed by atoms with Gasteiger partial charge in [-0.3, -0.25) is 9.69 Å². The molecule has 142 valence electrons. The van der Waals surface area contributed by atoms with E-state index in [4.69, 9.17) is 4.74 Å². The number of carbonyl (C=O) groups excluding carboxylic acids is 1. The summed E-state index contributed by atoms with van der Waals surface area (Å²) in [6.45, 7) is 7.72. The number of anilines is 1. The lowest BCUT2D eigenvalue weighted by molar-refractivity contribution is -0.148. The number of carbonyl (C=O) groups is 1. The lowest BCUT2D eigenvalue weighted by Gasteiger charge is -2.36. The predicted octanol–water partition coefficient (Wildman–Crippen LogP) is 3.77. The number of hydrogen-bond acceptors (Lipinski definition) is 4. The summed E-state index contributed by atoms with van der Waals surface area (Å²) in [6.07, 6.45) is 7.85. The highest BCUT2D eigenvalue weighted by Gasteiger charge is 2.50. The monoisotopic (exact) mass is 356 g/mol. The quantitative estimate of drug-likeness (QED) is 0.752. The number of piperazine rings is 1. The van der Waals surface area contributed by atoms with Crippen molar-refractivity contribution in [3.8, 4) is 0 Å². The summed E-state index contributed by atoms with van der Waals surface area (Å²) in [5.74, 6) is 0.103. The van der Waals surface area contributed by atoms with E-state index in [0.717, 1.165) is 64.8 Å². The van der Waals surface area contributed by atoms with E-state index in [1.165, 1.54) is 24.1 Å². The molecular weight excluding hydrogens is 324 g/mol. The lowest BCUT2D eigenvalue weighted by Crippen LogP contribution is -2.46. The molecule has 1 aromatic carbocycles. The van der Waals surface area contributed by atoms with Crippen LogP contribution in [-0.4, -0.2) is 49.7 Å². The van der Waals surface area contributed by atoms with Gasteiger partial charge in [0.2, 0.25) is 0 Å². The Bertz CT molecular complexity index is 614. The first-order chi connectivity index (χ1) is 12.6. The molecule has 0 N–H and O–H groups in total. The van der Waals surface area contributed by atoms with Crippen molar-refractivity contribution >= 4 is 11.7 Å². The Morgan fingerprint density at radius 2 is 1.77 bits per heavy atom. The van der Waals surface area contributed by atoms with Crippen molar-refractivity contribution in [2.75, 3.05) is 37.6 Å². The van der Waals surface area contributed by atoms with Crippen molar-refractivity contribution in [2.24, 2.45) is 5.41 Å². The predicted molar refractivity (Wildman–Crippen MR) is 104 cm³/mol. The summed E-state index contributed by atoms with van der Waals surface area (Å²) < 4.78 is 5.71. The zero-order valence-corrected chi connectivity index (χ0v) is 16.1. The molecule has 4 heteroatoms. The van der Waals surface area contributed by atoms with E-state index in [-0.39, 0.29) is 17.5 Å². The molecule has 2 saturated heterocycles. The van der Waals surface area contributed by atoms with Gasteiger partial charge in [-0.2, -0.15) is 0 Å². The van der Waals surface area contributed by atoms with Crippen LogP contribution in [0.4, 0.5) is 5.69 Å². The number of ether oxygens (including phenoxy) is 1. The SMILES string of the molecule is Cc1ccc(N2CCN(CCCC3CC4(CCCC4)C(=O)O3)CC2)cc1. The van der Waals surface area contributed by atoms with E-state index in [2.05, 4.69) is 41.0 Å². The summed E-state index contributed by atoms with van der Waals surface area (Å²) >= 11 is 0. The second kappa shape index (κ2) is 7.59. The topological polar surface area (TPSA) is 32.8 Å². The zero-order valence-electron chi connectivity index (χ0n) is 16.1. The van der Waals surface area contributed by atoms with Gasteiger partial charge in [0.25, 0.3) is 0 Å². The van der Waals surface area contributed by atoms with E-state index in [9.17, 15) is 4.79 Å². The maximum atomic E-state index is 12.2. The van der Waals surface area contributed by atoms with Crippen molar-refractivity contribution in [1.82, 2.24) is 4.90 Å². The molecule has 0 aromatic heterocycles. The van der Waals surface area contributed by atoms with Gasteiger partial charge in [-0.15, -0.1) is 0 Å². The van der Waals surface area contributed by atoms with Gasteiger partial charge in [0.15, 0.2) is 0 Å². The van der Waals surface area contributed by atoms with Crippen LogP contribution in [0.25, 0.3) is 0 Å². The first-order valence-corrected chi connectivity index (χ1v) is 10.4. The Balaban J connectivity index is 1.18. The van der Waals surface area contributed by atoms with Crippen molar-refractivity contribution in [3.63, 3.8) is 0 Å². The van der Waals surface area contributed by atoms with Crippen LogP contribution >= 0.6 is 0 Å². The van der Waals surface area contributed by atoms with Gasteiger partial charge < -0.3 is 9.64 Å². The van der Waals surface area contributed by atoms with Gasteiger partial charge >= 0.3 is 5.97 Å². The minimum atomic E-state index is -0.0929. The van der Waals surface area contributed by atoms with Crippen molar-refractivity contribution in [3.05, 3.63) is 29.8 Å². The fraction of sp³-hybridized carbons (Fsp3) is 0.682. The first kappa shape index (κ1) is 17.8. The second-order valence-electron chi connectivity index (χ2n) is 8.53. The second-order valence-corrected chi connectivity index (χ2v) is 8.53. The molecule has 4 rings (SSSR count). The van der Waals surface area contributed by atoms with Gasteiger partial charge in [0, 0.05) is 38.3 Å². The largest absolute Gasteiger partial charge is 0.462 e. The van der Waals surface area contributed by atoms with E-state index < -0.39 is 0 Å². The maximum Gasteiger partial charge on any atom is 0.312 e. The summed E-state index contributed by atoms with van der Waals surface area (Å²) in [7, 11) is 0. The summed E-state index contributed by atoms with van der Waals surface area (Å²) in [6, 6.07) is 8.86. The van der Waals surface area contributed by atoms with Crippen LogP contribution < -0.4 is 4.90 Å². The Kier molecular flexibility index (Phi) is 5.21. The molecule has 4 nitrogen and oxygen atoms in total. The van der Waals surface area contributed by atoms with Crippen molar-refractivity contribution in [1.29, 1.82) is 0 Å². The van der Waals surface area contributed by atoms with E-state index >= 15 is 0 Å². The fourth-order valence-electron chi connectivity index (χ4n) is 4.99. The van der Waals surface area contributed by atoms with Crippen LogP contribution in [0.3, 0.4) is 0 Å². The fourth-order valence-corrected chi connectivity index (χ4v) is 4.99. The van der Waals surface area contributed by atoms with Gasteiger partial charge in [-0.1, -0.05) is 30.5 Å². The van der Waals surface area contributed by atoms with Gasteiger partial charge in [-0.05, 0) is 51.3 Å². The number of esters is 1. The molecule has 1 aromatic rings. The molecule has 1 saturated carbocycles. The Morgan fingerprint density at radius 1 is 1.08 bits per heavy atom. The number of rotatable bonds is 5. The summed E-state index contributed by atoms with van der Waals surface area (Å²) in [5, 5.41) is 0. The highest BCUT2D eigenvalue weighted by molar-refractivity contribution is 5.79. The Morgan fingerprint density at radius 3 is 2.46 bits per heavy atom. The molecule has 3 aliphatic rings. The van der Waals surface area contributed by atoms with Crippen LogP contribution in [0.2, 0.25) is 0 Å². The molecule has 0 bridgehead atoms. The lowest BCUT2D eigenvalue weighted by atomic mass is 9.82. The van der Waals surface area contributed by atoms with Crippen LogP contribution in [0.5, 0.6) is 0 Å². The summed E-state index contributed by atoms with van der Waals surface area (Å²) in [4.78, 5) is 17.3. The molecule has 2 aliphatic heterocycles. The molecule has 0 amide bonds. The highest BCUT2D eigenvalue weighted by Crippen LogP contribution is 2.48. The van der Waals surface area contributed by atoms with E-state index in [1.807, 2.05) is 0 Å². The molecular formula is C22H32N2O2. The van der Waals surface area contributed by atoms with Gasteiger partial charge in [0.1, 0.15) is 6.10 Å². The third-order valence-electron chi connectivity index (χ3n) is 6.66. The van der Waals surface area contributed by atoms with Gasteiger partial charge in [0.05, 0.1) is 5.41 Å². The standard InChI is InChI=1S/C22H32N2O2/c1-18-6-8-19(9-7-18)24-15-13-23(14-16-24)12-4-5-20-17-22(21(25)26-20)10-2-3-11-22/h6-9,20H,2-5,10-17H2,1H3. The average molecular weight is 357 g/mol. The zero-order chi connectivity index (χ0) is 18.0. The van der Waals surface area contributed by atoms with Crippen LogP contribution in [0.15, 0.2) is 24.3 Å². The number of aryl methyl sites for hydroxylation is 1. The van der Waals surface area contributed by atoms with E-state index in [0.29, 0.717) is 0 Å². The maximum absolute atomic E-state index is 12.2. The summed E-state index contributed by atoms with van der Waals surface area (Å²) in [5.41, 5.74) is 2.57. The van der Waals surface area contributed by atoms with Gasteiger partial charge in [-0.25, -0.2) is 0 Å². The third kappa shape index (κ3) is 3.75. The molecule has 1 spiro atoms. The molecule has 0 radical (unpaired) electrons. The number of benzene rings is 1. The first-order valence-electron chi connectivity index (χ1n) is 10.4. The molecule has 2 heterocycles. The number of nitrogens with zero attached hydrogens (tertiary/aromatic N) is 2. The van der Waals surface area contributed by atoms with Crippen LogP contribution in [-0.2, 0) is 9.53 Å². The van der Waals surface area contributed by atoms with Crippen LogP contribution in [0, 0.1) is 12.3 Å². The molecule has 3 fully saturated rings. The molecule has 1 atom stereocenters. The third-order valence-corrected chi connectivity index (χ3v) is 6.66. The number of hydrogen-bond donors (Lipinski definition) is 0. The van der Waals surface area contributed by atoms with Crippen molar-refractivity contribution in [2.45, 2.75) is 58.0 Å². The number of cyclic esters (lactones) is 1. The molecule has 1 unspecified atom stereocenters. The van der Waals surface area contributed by atoms with Crippen LogP contribution in [0.1, 0.15) is 50.5 Å². The normalized spacial score (nSPS) is 25.8. The van der Waals surface area contributed by atoms with Crippen molar-refractivity contribution < 1.29 is 9.53 Å². The minimum Gasteiger partial charge on any atom is -0.462 e. The highest BCUT2D eigenvalue weighted by atomic mass is 16.6. The minimum absolute atomic E-state index is 0.0929. The van der Waals surface area contributed by atoms with E-state index in [1.54, 1.807) is 0 Å². The Labute approximate surface area is 157 Å². The Hall–Kier alpha value is -1.55. The smallest absolute Gasteiger partial charge is 0.312 e. The molecule has 26 heavy (non-hydrogen) atoms. The average Bonchev–Trinajstić information content (AvgIpc) is 3.24.